The molecule has 0 saturated carbocycles. The second-order valence-corrected chi connectivity index (χ2v) is 7.94. The molecule has 0 radical (unpaired) electrons. The molecular formula is C23H27N5O3. The molecule has 0 bridgehead atoms. The van der Waals surface area contributed by atoms with Crippen molar-refractivity contribution in [1.29, 1.82) is 0 Å². The predicted octanol–water partition coefficient (Wildman–Crippen LogP) is 2.49. The molecule has 1 saturated heterocycles. The summed E-state index contributed by atoms with van der Waals surface area (Å²) in [6.07, 6.45) is 1.01. The number of methoxy groups -OCH3 is 2. The van der Waals surface area contributed by atoms with Gasteiger partial charge in [0.15, 0.2) is 11.5 Å². The lowest BCUT2D eigenvalue weighted by atomic mass is 10.1. The minimum atomic E-state index is 0.448. The van der Waals surface area contributed by atoms with Gasteiger partial charge in [0, 0.05) is 50.6 Å². The Morgan fingerprint density at radius 1 is 1.00 bits per heavy atom. The van der Waals surface area contributed by atoms with E-state index in [0.29, 0.717) is 23.3 Å². The van der Waals surface area contributed by atoms with Crippen molar-refractivity contribution in [3.05, 3.63) is 41.5 Å². The third-order valence-electron chi connectivity index (χ3n) is 6.03. The molecule has 31 heavy (non-hydrogen) atoms. The first-order valence-electron chi connectivity index (χ1n) is 10.6. The van der Waals surface area contributed by atoms with Crippen LogP contribution in [0, 0.1) is 0 Å². The Hall–Kier alpha value is -3.26. The summed E-state index contributed by atoms with van der Waals surface area (Å²) in [6, 6.07) is 10.2. The molecule has 3 heterocycles. The van der Waals surface area contributed by atoms with E-state index in [-0.39, 0.29) is 0 Å². The summed E-state index contributed by atoms with van der Waals surface area (Å²) in [5, 5.41) is 0.764. The van der Waals surface area contributed by atoms with E-state index in [0.717, 1.165) is 62.4 Å². The highest BCUT2D eigenvalue weighted by atomic mass is 16.5. The van der Waals surface area contributed by atoms with Crippen LogP contribution in [0.1, 0.15) is 11.1 Å². The topological polar surface area (TPSA) is 86.0 Å². The van der Waals surface area contributed by atoms with Crippen molar-refractivity contribution in [2.45, 2.75) is 13.0 Å². The number of nitrogen functional groups attached to an aromatic ring is 1. The molecule has 0 aliphatic carbocycles. The smallest absolute Gasteiger partial charge is 0.227 e. The SMILES string of the molecule is COc1cc2nc(N3CCN(Cc4ccc5c(c4)CCO5)CC3)nc(N)c2cc1OC. The molecule has 0 unspecified atom stereocenters. The Balaban J connectivity index is 1.29. The Kier molecular flexibility index (Phi) is 5.15. The number of nitrogens with two attached hydrogens (primary N) is 1. The lowest BCUT2D eigenvalue weighted by Crippen LogP contribution is -2.46. The van der Waals surface area contributed by atoms with Gasteiger partial charge in [0.05, 0.1) is 26.3 Å². The number of fused-ring (bicyclic) bond motifs is 2. The normalized spacial score (nSPS) is 16.3. The number of anilines is 2. The van der Waals surface area contributed by atoms with Crippen LogP contribution in [0.4, 0.5) is 11.8 Å². The standard InChI is InChI=1S/C23H27N5O3/c1-29-20-12-17-18(13-21(20)30-2)25-23(26-22(17)24)28-8-6-27(7-9-28)14-15-3-4-19-16(11-15)5-10-31-19/h3-4,11-13H,5-10,14H2,1-2H3,(H2,24,25,26). The summed E-state index contributed by atoms with van der Waals surface area (Å²) < 4.78 is 16.4. The van der Waals surface area contributed by atoms with Crippen molar-refractivity contribution in [2.24, 2.45) is 0 Å². The van der Waals surface area contributed by atoms with Gasteiger partial charge in [-0.15, -0.1) is 0 Å². The van der Waals surface area contributed by atoms with E-state index in [1.807, 2.05) is 12.1 Å². The molecule has 162 valence electrons. The zero-order chi connectivity index (χ0) is 21.4. The van der Waals surface area contributed by atoms with Crippen LogP contribution in [0.5, 0.6) is 17.2 Å². The average Bonchev–Trinajstić information content (AvgIpc) is 3.26. The van der Waals surface area contributed by atoms with Crippen LogP contribution in [0.25, 0.3) is 10.9 Å². The van der Waals surface area contributed by atoms with Gasteiger partial charge in [0.25, 0.3) is 0 Å². The van der Waals surface area contributed by atoms with E-state index in [4.69, 9.17) is 24.9 Å². The molecule has 0 amide bonds. The van der Waals surface area contributed by atoms with Crippen LogP contribution in [0.3, 0.4) is 0 Å². The predicted molar refractivity (Wildman–Crippen MR) is 120 cm³/mol. The van der Waals surface area contributed by atoms with E-state index in [2.05, 4.69) is 33.0 Å². The second kappa shape index (κ2) is 8.11. The average molecular weight is 422 g/mol. The lowest BCUT2D eigenvalue weighted by Gasteiger charge is -2.35. The van der Waals surface area contributed by atoms with Crippen molar-refractivity contribution in [2.75, 3.05) is 57.6 Å². The first kappa shape index (κ1) is 19.7. The van der Waals surface area contributed by atoms with Gasteiger partial charge in [0.1, 0.15) is 11.6 Å². The molecular weight excluding hydrogens is 394 g/mol. The zero-order valence-electron chi connectivity index (χ0n) is 17.9. The number of benzene rings is 2. The highest BCUT2D eigenvalue weighted by Crippen LogP contribution is 2.34. The fraction of sp³-hybridized carbons (Fsp3) is 0.391. The van der Waals surface area contributed by atoms with Crippen molar-refractivity contribution >= 4 is 22.7 Å². The Bertz CT molecular complexity index is 1110. The maximum absolute atomic E-state index is 6.26. The molecule has 2 N–H and O–H groups in total. The van der Waals surface area contributed by atoms with E-state index in [9.17, 15) is 0 Å². The van der Waals surface area contributed by atoms with E-state index in [1.165, 1.54) is 11.1 Å². The minimum Gasteiger partial charge on any atom is -0.493 e. The molecule has 8 nitrogen and oxygen atoms in total. The molecule has 8 heteroatoms. The molecule has 2 aromatic carbocycles. The van der Waals surface area contributed by atoms with E-state index >= 15 is 0 Å². The molecule has 1 aromatic heterocycles. The van der Waals surface area contributed by atoms with Crippen LogP contribution < -0.4 is 24.8 Å². The number of ether oxygens (including phenoxy) is 3. The Labute approximate surface area is 181 Å². The van der Waals surface area contributed by atoms with Gasteiger partial charge in [0.2, 0.25) is 5.95 Å². The van der Waals surface area contributed by atoms with Crippen LogP contribution in [-0.2, 0) is 13.0 Å². The number of aromatic nitrogens is 2. The van der Waals surface area contributed by atoms with Crippen LogP contribution >= 0.6 is 0 Å². The van der Waals surface area contributed by atoms with Gasteiger partial charge in [-0.05, 0) is 23.3 Å². The molecule has 2 aliphatic heterocycles. The summed E-state index contributed by atoms with van der Waals surface area (Å²) >= 11 is 0. The number of rotatable bonds is 5. The molecule has 0 spiro atoms. The number of hydrogen-bond donors (Lipinski definition) is 1. The number of hydrogen-bond acceptors (Lipinski definition) is 8. The molecule has 0 atom stereocenters. The highest BCUT2D eigenvalue weighted by Gasteiger charge is 2.21. The maximum atomic E-state index is 6.26. The zero-order valence-corrected chi connectivity index (χ0v) is 17.9. The fourth-order valence-electron chi connectivity index (χ4n) is 4.31. The monoisotopic (exact) mass is 421 g/mol. The highest BCUT2D eigenvalue weighted by molar-refractivity contribution is 5.91. The van der Waals surface area contributed by atoms with Crippen molar-refractivity contribution < 1.29 is 14.2 Å². The van der Waals surface area contributed by atoms with Gasteiger partial charge in [-0.1, -0.05) is 12.1 Å². The summed E-state index contributed by atoms with van der Waals surface area (Å²) in [5.74, 6) is 3.39. The van der Waals surface area contributed by atoms with Crippen LogP contribution in [-0.4, -0.2) is 61.9 Å². The first-order chi connectivity index (χ1) is 15.1. The summed E-state index contributed by atoms with van der Waals surface area (Å²) in [7, 11) is 3.22. The first-order valence-corrected chi connectivity index (χ1v) is 10.6. The van der Waals surface area contributed by atoms with E-state index < -0.39 is 0 Å². The minimum absolute atomic E-state index is 0.448. The van der Waals surface area contributed by atoms with Crippen molar-refractivity contribution in [3.63, 3.8) is 0 Å². The van der Waals surface area contributed by atoms with E-state index in [1.54, 1.807) is 14.2 Å². The van der Waals surface area contributed by atoms with Crippen LogP contribution in [0.15, 0.2) is 30.3 Å². The third-order valence-corrected chi connectivity index (χ3v) is 6.03. The van der Waals surface area contributed by atoms with Gasteiger partial charge >= 0.3 is 0 Å². The van der Waals surface area contributed by atoms with Crippen LogP contribution in [0.2, 0.25) is 0 Å². The molecule has 3 aromatic rings. The van der Waals surface area contributed by atoms with Gasteiger partial charge in [-0.2, -0.15) is 4.98 Å². The molecule has 1 fully saturated rings. The molecule has 2 aliphatic rings. The van der Waals surface area contributed by atoms with Crippen molar-refractivity contribution in [3.8, 4) is 17.2 Å². The summed E-state index contributed by atoms with van der Waals surface area (Å²) in [4.78, 5) is 14.0. The van der Waals surface area contributed by atoms with Gasteiger partial charge < -0.3 is 24.8 Å². The summed E-state index contributed by atoms with van der Waals surface area (Å²) in [6.45, 7) is 5.34. The number of nitrogens with zero attached hydrogens (tertiary/aromatic N) is 4. The quantitative estimate of drug-likeness (QED) is 0.673. The van der Waals surface area contributed by atoms with Crippen molar-refractivity contribution in [1.82, 2.24) is 14.9 Å². The lowest BCUT2D eigenvalue weighted by molar-refractivity contribution is 0.248. The number of piperazine rings is 1. The Morgan fingerprint density at radius 3 is 2.55 bits per heavy atom. The van der Waals surface area contributed by atoms with Gasteiger partial charge in [-0.3, -0.25) is 4.90 Å². The largest absolute Gasteiger partial charge is 0.493 e. The third kappa shape index (κ3) is 3.79. The fourth-order valence-corrected chi connectivity index (χ4v) is 4.31. The maximum Gasteiger partial charge on any atom is 0.227 e. The van der Waals surface area contributed by atoms with Gasteiger partial charge in [-0.25, -0.2) is 4.98 Å². The Morgan fingerprint density at radius 2 is 1.77 bits per heavy atom. The summed E-state index contributed by atoms with van der Waals surface area (Å²) in [5.41, 5.74) is 9.67. The molecule has 5 rings (SSSR count). The second-order valence-electron chi connectivity index (χ2n) is 7.94.